The molecule has 2 aromatic heterocycles. The molecule has 8 heteroatoms. The number of rotatable bonds is 5. The standard InChI is InChI=1S/C24H21N3O4S/c28-23-21-19-4-2-1-3-5-20(19)32-24(21)26-22(25-23)16-8-12-18(13-9-16)31-14-15-6-10-17(11-7-15)27(29)30/h6-13H,1-5,14H2,(H,25,26,28). The zero-order valence-corrected chi connectivity index (χ0v) is 18.1. The lowest BCUT2D eigenvalue weighted by Gasteiger charge is -2.07. The molecular weight excluding hydrogens is 426 g/mol. The van der Waals surface area contributed by atoms with Crippen LogP contribution >= 0.6 is 11.3 Å². The maximum Gasteiger partial charge on any atom is 0.269 e. The van der Waals surface area contributed by atoms with Crippen molar-refractivity contribution in [3.05, 3.63) is 85.0 Å². The number of nitro groups is 1. The Morgan fingerprint density at radius 3 is 2.53 bits per heavy atom. The van der Waals surface area contributed by atoms with Crippen molar-refractivity contribution in [2.75, 3.05) is 0 Å². The molecule has 0 radical (unpaired) electrons. The number of aryl methyl sites for hydroxylation is 2. The van der Waals surface area contributed by atoms with Gasteiger partial charge in [-0.3, -0.25) is 14.9 Å². The van der Waals surface area contributed by atoms with Crippen molar-refractivity contribution in [2.45, 2.75) is 38.7 Å². The number of non-ortho nitro benzene ring substituents is 1. The van der Waals surface area contributed by atoms with Crippen LogP contribution in [0.3, 0.4) is 0 Å². The van der Waals surface area contributed by atoms with E-state index < -0.39 is 4.92 Å². The van der Waals surface area contributed by atoms with Gasteiger partial charge in [0.2, 0.25) is 0 Å². The van der Waals surface area contributed by atoms with Gasteiger partial charge in [-0.2, -0.15) is 0 Å². The molecule has 0 fully saturated rings. The van der Waals surface area contributed by atoms with Crippen molar-refractivity contribution < 1.29 is 9.66 Å². The normalized spacial score (nSPS) is 13.5. The van der Waals surface area contributed by atoms with E-state index in [9.17, 15) is 14.9 Å². The Morgan fingerprint density at radius 1 is 1.03 bits per heavy atom. The van der Waals surface area contributed by atoms with Crippen LogP contribution in [-0.2, 0) is 19.4 Å². The molecule has 2 heterocycles. The number of benzene rings is 2. The number of H-pyrrole nitrogens is 1. The molecule has 0 aliphatic heterocycles. The molecule has 7 nitrogen and oxygen atoms in total. The minimum absolute atomic E-state index is 0.0544. The highest BCUT2D eigenvalue weighted by molar-refractivity contribution is 7.18. The SMILES string of the molecule is O=c1[nH]c(-c2ccc(OCc3ccc([N+](=O)[O-])cc3)cc2)nc2sc3c(c12)CCCCC3. The van der Waals surface area contributed by atoms with Crippen molar-refractivity contribution in [2.24, 2.45) is 0 Å². The summed E-state index contributed by atoms with van der Waals surface area (Å²) in [5.41, 5.74) is 2.84. The number of hydrogen-bond acceptors (Lipinski definition) is 6. The molecule has 0 unspecified atom stereocenters. The lowest BCUT2D eigenvalue weighted by Crippen LogP contribution is -2.10. The number of aromatic amines is 1. The summed E-state index contributed by atoms with van der Waals surface area (Å²) in [5.74, 6) is 1.22. The molecule has 0 saturated carbocycles. The molecule has 4 aromatic rings. The second-order valence-corrected chi connectivity index (χ2v) is 8.98. The van der Waals surface area contributed by atoms with Crippen LogP contribution in [0, 0.1) is 10.1 Å². The number of aromatic nitrogens is 2. The summed E-state index contributed by atoms with van der Waals surface area (Å²) in [6, 6.07) is 13.7. The molecule has 1 aliphatic rings. The van der Waals surface area contributed by atoms with E-state index in [0.29, 0.717) is 18.2 Å². The second kappa shape index (κ2) is 8.55. The highest BCUT2D eigenvalue weighted by Crippen LogP contribution is 2.33. The first kappa shape index (κ1) is 20.4. The van der Waals surface area contributed by atoms with Crippen LogP contribution in [-0.4, -0.2) is 14.9 Å². The number of nitrogens with zero attached hydrogens (tertiary/aromatic N) is 2. The number of nitrogens with one attached hydrogen (secondary N) is 1. The van der Waals surface area contributed by atoms with Crippen LogP contribution in [0.4, 0.5) is 5.69 Å². The third-order valence-corrected chi connectivity index (χ3v) is 6.94. The molecule has 162 valence electrons. The van der Waals surface area contributed by atoms with E-state index in [2.05, 4.69) is 4.98 Å². The van der Waals surface area contributed by atoms with Gasteiger partial charge < -0.3 is 9.72 Å². The van der Waals surface area contributed by atoms with Crippen LogP contribution in [0.15, 0.2) is 53.3 Å². The lowest BCUT2D eigenvalue weighted by molar-refractivity contribution is -0.384. The van der Waals surface area contributed by atoms with Crippen LogP contribution in [0.1, 0.15) is 35.3 Å². The Balaban J connectivity index is 1.34. The first-order chi connectivity index (χ1) is 15.6. The fraction of sp³-hybridized carbons (Fsp3) is 0.250. The van der Waals surface area contributed by atoms with Gasteiger partial charge in [0.05, 0.1) is 10.3 Å². The van der Waals surface area contributed by atoms with E-state index in [0.717, 1.165) is 40.6 Å². The molecule has 0 saturated heterocycles. The topological polar surface area (TPSA) is 98.1 Å². The van der Waals surface area contributed by atoms with Gasteiger partial charge in [-0.05, 0) is 73.2 Å². The first-order valence-corrected chi connectivity index (χ1v) is 11.4. The van der Waals surface area contributed by atoms with Crippen LogP contribution in [0.25, 0.3) is 21.6 Å². The number of nitro benzene ring substituents is 1. The summed E-state index contributed by atoms with van der Waals surface area (Å²) >= 11 is 1.65. The molecule has 0 spiro atoms. The van der Waals surface area contributed by atoms with Gasteiger partial charge in [-0.25, -0.2) is 4.98 Å². The quantitative estimate of drug-likeness (QED) is 0.251. The van der Waals surface area contributed by atoms with Gasteiger partial charge >= 0.3 is 0 Å². The molecule has 0 atom stereocenters. The van der Waals surface area contributed by atoms with Crippen LogP contribution in [0.2, 0.25) is 0 Å². The van der Waals surface area contributed by atoms with E-state index in [1.54, 1.807) is 23.5 Å². The fourth-order valence-electron chi connectivity index (χ4n) is 4.07. The summed E-state index contributed by atoms with van der Waals surface area (Å²) in [6.45, 7) is 0.305. The van der Waals surface area contributed by atoms with Crippen molar-refractivity contribution >= 4 is 27.2 Å². The lowest BCUT2D eigenvalue weighted by atomic mass is 10.1. The molecule has 1 aliphatic carbocycles. The average molecular weight is 448 g/mol. The number of fused-ring (bicyclic) bond motifs is 3. The van der Waals surface area contributed by atoms with E-state index in [1.807, 2.05) is 24.3 Å². The highest BCUT2D eigenvalue weighted by atomic mass is 32.1. The molecule has 32 heavy (non-hydrogen) atoms. The molecule has 0 amide bonds. The van der Waals surface area contributed by atoms with Crippen molar-refractivity contribution in [1.29, 1.82) is 0 Å². The maximum absolute atomic E-state index is 12.9. The Labute approximate surface area is 187 Å². The summed E-state index contributed by atoms with van der Waals surface area (Å²) in [7, 11) is 0. The highest BCUT2D eigenvalue weighted by Gasteiger charge is 2.19. The van der Waals surface area contributed by atoms with Gasteiger partial charge in [-0.1, -0.05) is 6.42 Å². The van der Waals surface area contributed by atoms with Crippen LogP contribution < -0.4 is 10.3 Å². The first-order valence-electron chi connectivity index (χ1n) is 10.6. The summed E-state index contributed by atoms with van der Waals surface area (Å²) in [5, 5.41) is 11.5. The minimum Gasteiger partial charge on any atom is -0.489 e. The Kier molecular flexibility index (Phi) is 5.45. The van der Waals surface area contributed by atoms with Gasteiger partial charge in [0.15, 0.2) is 0 Å². The summed E-state index contributed by atoms with van der Waals surface area (Å²) in [4.78, 5) is 33.0. The van der Waals surface area contributed by atoms with Gasteiger partial charge in [-0.15, -0.1) is 11.3 Å². The second-order valence-electron chi connectivity index (χ2n) is 7.90. The van der Waals surface area contributed by atoms with Crippen LogP contribution in [0.5, 0.6) is 5.75 Å². The molecular formula is C24H21N3O4S. The predicted octanol–water partition coefficient (Wildman–Crippen LogP) is 5.41. The van der Waals surface area contributed by atoms with Gasteiger partial charge in [0.1, 0.15) is 23.0 Å². The minimum atomic E-state index is -0.425. The summed E-state index contributed by atoms with van der Waals surface area (Å²) < 4.78 is 5.78. The number of ether oxygens (including phenoxy) is 1. The Bertz CT molecular complexity index is 1340. The summed E-state index contributed by atoms with van der Waals surface area (Å²) in [6.07, 6.45) is 5.50. The average Bonchev–Trinajstić information content (AvgIpc) is 3.00. The predicted molar refractivity (Wildman–Crippen MR) is 124 cm³/mol. The largest absolute Gasteiger partial charge is 0.489 e. The van der Waals surface area contributed by atoms with Crippen molar-refractivity contribution in [3.63, 3.8) is 0 Å². The van der Waals surface area contributed by atoms with E-state index in [1.165, 1.54) is 35.4 Å². The third-order valence-electron chi connectivity index (χ3n) is 5.76. The smallest absolute Gasteiger partial charge is 0.269 e. The van der Waals surface area contributed by atoms with E-state index in [4.69, 9.17) is 9.72 Å². The van der Waals surface area contributed by atoms with E-state index >= 15 is 0 Å². The Hall–Kier alpha value is -3.52. The van der Waals surface area contributed by atoms with Gasteiger partial charge in [0.25, 0.3) is 11.2 Å². The Morgan fingerprint density at radius 2 is 1.78 bits per heavy atom. The molecule has 2 aromatic carbocycles. The van der Waals surface area contributed by atoms with Crippen molar-refractivity contribution in [1.82, 2.24) is 9.97 Å². The zero-order valence-electron chi connectivity index (χ0n) is 17.3. The zero-order chi connectivity index (χ0) is 22.1. The maximum atomic E-state index is 12.9. The van der Waals surface area contributed by atoms with E-state index in [-0.39, 0.29) is 11.2 Å². The molecule has 1 N–H and O–H groups in total. The fourth-order valence-corrected chi connectivity index (χ4v) is 5.33. The molecule has 5 rings (SSSR count). The van der Waals surface area contributed by atoms with Crippen molar-refractivity contribution in [3.8, 4) is 17.1 Å². The van der Waals surface area contributed by atoms with Gasteiger partial charge in [0, 0.05) is 22.6 Å². The number of hydrogen-bond donors (Lipinski definition) is 1. The monoisotopic (exact) mass is 447 g/mol. The third kappa shape index (κ3) is 4.01. The number of thiophene rings is 1. The molecule has 0 bridgehead atoms.